The summed E-state index contributed by atoms with van der Waals surface area (Å²) in [6.07, 6.45) is 0. The van der Waals surface area contributed by atoms with Gasteiger partial charge in [0, 0.05) is 23.5 Å². The summed E-state index contributed by atoms with van der Waals surface area (Å²) in [5.74, 6) is -0.710. The molecule has 0 unspecified atom stereocenters. The van der Waals surface area contributed by atoms with Gasteiger partial charge in [-0.05, 0) is 24.3 Å². The lowest BCUT2D eigenvalue weighted by molar-refractivity contribution is 0.0766. The molecule has 1 amide bonds. The van der Waals surface area contributed by atoms with Crippen LogP contribution in [0.3, 0.4) is 0 Å². The normalized spacial score (nSPS) is 17.6. The van der Waals surface area contributed by atoms with Crippen molar-refractivity contribution in [3.8, 4) is 0 Å². The monoisotopic (exact) mass is 341 g/mol. The number of rotatable bonds is 1. The molecule has 1 aromatic heterocycles. The van der Waals surface area contributed by atoms with Crippen molar-refractivity contribution in [1.82, 2.24) is 4.90 Å². The van der Waals surface area contributed by atoms with E-state index in [1.165, 1.54) is 11.0 Å². The fourth-order valence-corrected chi connectivity index (χ4v) is 3.71. The Morgan fingerprint density at radius 3 is 2.55 bits per heavy atom. The van der Waals surface area contributed by atoms with Crippen LogP contribution in [0.4, 0.5) is 0 Å². The molecular weight excluding hydrogens is 330 g/mol. The first kappa shape index (κ1) is 15.1. The van der Waals surface area contributed by atoms with Gasteiger partial charge in [-0.2, -0.15) is 0 Å². The number of amides is 1. The molecular formula is C14H12ClNO5S. The number of hydrogen-bond donors (Lipinski definition) is 0. The smallest absolute Gasteiger partial charge is 0.349 e. The number of halogens is 1. The minimum absolute atomic E-state index is 0.0776. The van der Waals surface area contributed by atoms with Crippen molar-refractivity contribution in [2.45, 2.75) is 0 Å². The van der Waals surface area contributed by atoms with Crippen molar-refractivity contribution < 1.29 is 17.6 Å². The van der Waals surface area contributed by atoms with Gasteiger partial charge in [0.25, 0.3) is 5.91 Å². The molecule has 0 aliphatic carbocycles. The van der Waals surface area contributed by atoms with Crippen molar-refractivity contribution in [3.63, 3.8) is 0 Å². The molecule has 3 rings (SSSR count). The first-order chi connectivity index (χ1) is 10.4. The molecule has 116 valence electrons. The van der Waals surface area contributed by atoms with Crippen molar-refractivity contribution in [2.75, 3.05) is 24.6 Å². The molecule has 1 aliphatic rings. The van der Waals surface area contributed by atoms with Crippen molar-refractivity contribution in [3.05, 3.63) is 45.3 Å². The van der Waals surface area contributed by atoms with E-state index in [2.05, 4.69) is 0 Å². The third kappa shape index (κ3) is 2.86. The summed E-state index contributed by atoms with van der Waals surface area (Å²) in [6.45, 7) is 0.155. The van der Waals surface area contributed by atoms with E-state index in [0.29, 0.717) is 16.0 Å². The second kappa shape index (κ2) is 5.40. The Bertz CT molecular complexity index is 904. The average molecular weight is 342 g/mol. The van der Waals surface area contributed by atoms with E-state index < -0.39 is 21.4 Å². The number of carbonyl (C=O) groups is 1. The molecule has 1 aliphatic heterocycles. The predicted molar refractivity (Wildman–Crippen MR) is 82.1 cm³/mol. The number of benzene rings is 1. The first-order valence-corrected chi connectivity index (χ1v) is 8.79. The summed E-state index contributed by atoms with van der Waals surface area (Å²) in [4.78, 5) is 25.7. The number of sulfone groups is 1. The van der Waals surface area contributed by atoms with E-state index in [9.17, 15) is 18.0 Å². The van der Waals surface area contributed by atoms with Gasteiger partial charge in [-0.25, -0.2) is 13.2 Å². The molecule has 0 spiro atoms. The maximum absolute atomic E-state index is 12.4. The third-order valence-corrected chi connectivity index (χ3v) is 5.40. The zero-order chi connectivity index (χ0) is 15.9. The lowest BCUT2D eigenvalue weighted by atomic mass is 10.1. The van der Waals surface area contributed by atoms with Gasteiger partial charge < -0.3 is 9.32 Å². The van der Waals surface area contributed by atoms with Crippen LogP contribution in [0.2, 0.25) is 5.02 Å². The Balaban J connectivity index is 1.97. The maximum Gasteiger partial charge on any atom is 0.349 e. The van der Waals surface area contributed by atoms with Gasteiger partial charge in [0.15, 0.2) is 9.84 Å². The Hall–Kier alpha value is -1.86. The standard InChI is InChI=1S/C14H12ClNO5S/c15-10-1-2-12-9(7-10)8-11(14(18)21-12)13(17)16-3-5-22(19,20)6-4-16/h1-2,7-8H,3-6H2. The number of hydrogen-bond acceptors (Lipinski definition) is 5. The van der Waals surface area contributed by atoms with E-state index in [1.807, 2.05) is 0 Å². The molecule has 0 bridgehead atoms. The molecule has 2 heterocycles. The molecule has 0 atom stereocenters. The molecule has 1 saturated heterocycles. The molecule has 6 nitrogen and oxygen atoms in total. The maximum atomic E-state index is 12.4. The quantitative estimate of drug-likeness (QED) is 0.730. The Labute approximate surface area is 131 Å². The minimum atomic E-state index is -3.09. The van der Waals surface area contributed by atoms with E-state index in [1.54, 1.807) is 18.2 Å². The van der Waals surface area contributed by atoms with Crippen LogP contribution >= 0.6 is 11.6 Å². The van der Waals surface area contributed by atoms with Crippen LogP contribution in [0.15, 0.2) is 33.5 Å². The SMILES string of the molecule is O=C(c1cc2cc(Cl)ccc2oc1=O)N1CCS(=O)(=O)CC1. The number of nitrogens with zero attached hydrogens (tertiary/aromatic N) is 1. The fraction of sp³-hybridized carbons (Fsp3) is 0.286. The van der Waals surface area contributed by atoms with Gasteiger partial charge in [-0.3, -0.25) is 4.79 Å². The Morgan fingerprint density at radius 2 is 1.86 bits per heavy atom. The molecule has 1 fully saturated rings. The van der Waals surface area contributed by atoms with Crippen LogP contribution in [0, 0.1) is 0 Å². The van der Waals surface area contributed by atoms with Gasteiger partial charge in [0.1, 0.15) is 11.1 Å². The van der Waals surface area contributed by atoms with E-state index in [4.69, 9.17) is 16.0 Å². The average Bonchev–Trinajstić information content (AvgIpc) is 2.46. The highest BCUT2D eigenvalue weighted by Gasteiger charge is 2.27. The summed E-state index contributed by atoms with van der Waals surface area (Å²) in [5, 5.41) is 1.00. The zero-order valence-electron chi connectivity index (χ0n) is 11.4. The van der Waals surface area contributed by atoms with Crippen molar-refractivity contribution in [1.29, 1.82) is 0 Å². The second-order valence-electron chi connectivity index (χ2n) is 5.07. The fourth-order valence-electron chi connectivity index (χ4n) is 2.33. The molecule has 22 heavy (non-hydrogen) atoms. The van der Waals surface area contributed by atoms with E-state index in [0.717, 1.165) is 0 Å². The minimum Gasteiger partial charge on any atom is -0.422 e. The lowest BCUT2D eigenvalue weighted by Crippen LogP contribution is -2.44. The van der Waals surface area contributed by atoms with Gasteiger partial charge in [-0.15, -0.1) is 0 Å². The number of fused-ring (bicyclic) bond motifs is 1. The summed E-state index contributed by atoms with van der Waals surface area (Å²) >= 11 is 5.89. The van der Waals surface area contributed by atoms with Gasteiger partial charge >= 0.3 is 5.63 Å². The highest BCUT2D eigenvalue weighted by Crippen LogP contribution is 2.19. The first-order valence-electron chi connectivity index (χ1n) is 6.59. The van der Waals surface area contributed by atoms with Crippen molar-refractivity contribution in [2.24, 2.45) is 0 Å². The molecule has 0 saturated carbocycles. The van der Waals surface area contributed by atoms with Gasteiger partial charge in [0.2, 0.25) is 0 Å². The zero-order valence-corrected chi connectivity index (χ0v) is 13.0. The van der Waals surface area contributed by atoms with Crippen LogP contribution in [0.1, 0.15) is 10.4 Å². The highest BCUT2D eigenvalue weighted by molar-refractivity contribution is 7.91. The largest absolute Gasteiger partial charge is 0.422 e. The van der Waals surface area contributed by atoms with Gasteiger partial charge in [-0.1, -0.05) is 11.6 Å². The second-order valence-corrected chi connectivity index (χ2v) is 7.81. The van der Waals surface area contributed by atoms with E-state index >= 15 is 0 Å². The lowest BCUT2D eigenvalue weighted by Gasteiger charge is -2.26. The topological polar surface area (TPSA) is 84.7 Å². The van der Waals surface area contributed by atoms with Gasteiger partial charge in [0.05, 0.1) is 11.5 Å². The van der Waals surface area contributed by atoms with Crippen molar-refractivity contribution >= 4 is 38.3 Å². The van der Waals surface area contributed by atoms with Crippen LogP contribution in [-0.4, -0.2) is 43.8 Å². The predicted octanol–water partition coefficient (Wildman–Crippen LogP) is 1.32. The van der Waals surface area contributed by atoms with Crippen LogP contribution in [-0.2, 0) is 9.84 Å². The molecule has 0 N–H and O–H groups in total. The highest BCUT2D eigenvalue weighted by atomic mass is 35.5. The third-order valence-electron chi connectivity index (χ3n) is 3.56. The summed E-state index contributed by atoms with van der Waals surface area (Å²) in [5.41, 5.74) is -0.519. The summed E-state index contributed by atoms with van der Waals surface area (Å²) in [6, 6.07) is 6.17. The molecule has 8 heteroatoms. The molecule has 2 aromatic rings. The van der Waals surface area contributed by atoms with E-state index in [-0.39, 0.29) is 30.2 Å². The summed E-state index contributed by atoms with van der Waals surface area (Å²) in [7, 11) is -3.09. The summed E-state index contributed by atoms with van der Waals surface area (Å²) < 4.78 is 27.9. The molecule has 0 radical (unpaired) electrons. The Morgan fingerprint density at radius 1 is 1.18 bits per heavy atom. The van der Waals surface area contributed by atoms with Crippen LogP contribution < -0.4 is 5.63 Å². The van der Waals surface area contributed by atoms with Crippen LogP contribution in [0.5, 0.6) is 0 Å². The molecule has 1 aromatic carbocycles. The Kier molecular flexibility index (Phi) is 3.70. The van der Waals surface area contributed by atoms with Crippen LogP contribution in [0.25, 0.3) is 11.0 Å². The number of carbonyl (C=O) groups excluding carboxylic acids is 1.